The van der Waals surface area contributed by atoms with Gasteiger partial charge in [-0.05, 0) is 24.3 Å². The van der Waals surface area contributed by atoms with Crippen LogP contribution in [0.15, 0.2) is 48.5 Å². The van der Waals surface area contributed by atoms with Crippen LogP contribution in [0, 0.1) is 0 Å². The second-order valence-corrected chi connectivity index (χ2v) is 4.03. The third-order valence-electron chi connectivity index (χ3n) is 2.62. The first-order chi connectivity index (χ1) is 9.72. The first-order valence-electron chi connectivity index (χ1n) is 6.14. The Morgan fingerprint density at radius 1 is 1.15 bits per heavy atom. The zero-order valence-corrected chi connectivity index (χ0v) is 11.1. The molecule has 0 aromatic heterocycles. The number of ether oxygens (including phenoxy) is 2. The summed E-state index contributed by atoms with van der Waals surface area (Å²) in [5.74, 6) is 1.60. The molecule has 20 heavy (non-hydrogen) atoms. The van der Waals surface area contributed by atoms with Crippen LogP contribution in [0.2, 0.25) is 0 Å². The highest BCUT2D eigenvalue weighted by atomic mass is 16.5. The van der Waals surface area contributed by atoms with Crippen LogP contribution >= 0.6 is 0 Å². The second kappa shape index (κ2) is 6.58. The fourth-order valence-electron chi connectivity index (χ4n) is 1.65. The Morgan fingerprint density at radius 3 is 2.65 bits per heavy atom. The number of rotatable bonds is 5. The van der Waals surface area contributed by atoms with E-state index in [1.54, 1.807) is 25.3 Å². The molecule has 0 saturated carbocycles. The summed E-state index contributed by atoms with van der Waals surface area (Å²) in [6, 6.07) is 14.4. The van der Waals surface area contributed by atoms with Gasteiger partial charge in [-0.25, -0.2) is 0 Å². The quantitative estimate of drug-likeness (QED) is 0.876. The molecule has 3 N–H and O–H groups in total. The summed E-state index contributed by atoms with van der Waals surface area (Å²) in [6.45, 7) is -0.0759. The Morgan fingerprint density at radius 2 is 1.90 bits per heavy atom. The number of amides is 1. The van der Waals surface area contributed by atoms with Gasteiger partial charge in [-0.2, -0.15) is 0 Å². The minimum Gasteiger partial charge on any atom is -0.497 e. The maximum atomic E-state index is 11.4. The molecule has 2 aromatic rings. The number of methoxy groups -OCH3 is 1. The molecule has 0 spiro atoms. The van der Waals surface area contributed by atoms with E-state index >= 15 is 0 Å². The second-order valence-electron chi connectivity index (χ2n) is 4.03. The van der Waals surface area contributed by atoms with Gasteiger partial charge in [0.2, 0.25) is 5.91 Å². The SMILES string of the molecule is COc1cccc(Oc2ccccc2NC(=O)CN)c1. The summed E-state index contributed by atoms with van der Waals surface area (Å²) in [6.07, 6.45) is 0. The molecule has 0 unspecified atom stereocenters. The fourth-order valence-corrected chi connectivity index (χ4v) is 1.65. The standard InChI is InChI=1S/C15H16N2O3/c1-19-11-5-4-6-12(9-11)20-14-8-3-2-7-13(14)17-15(18)10-16/h2-9H,10,16H2,1H3,(H,17,18). The van der Waals surface area contributed by atoms with Crippen molar-refractivity contribution in [2.45, 2.75) is 0 Å². The molecular weight excluding hydrogens is 256 g/mol. The number of anilines is 1. The van der Waals surface area contributed by atoms with Crippen LogP contribution < -0.4 is 20.5 Å². The molecule has 0 saturated heterocycles. The van der Waals surface area contributed by atoms with Gasteiger partial charge in [-0.1, -0.05) is 18.2 Å². The molecular formula is C15H16N2O3. The molecule has 1 amide bonds. The molecule has 2 aromatic carbocycles. The number of benzene rings is 2. The Hall–Kier alpha value is -2.53. The van der Waals surface area contributed by atoms with Crippen LogP contribution in [0.4, 0.5) is 5.69 Å². The lowest BCUT2D eigenvalue weighted by molar-refractivity contribution is -0.114. The summed E-state index contributed by atoms with van der Waals surface area (Å²) in [5, 5.41) is 2.69. The van der Waals surface area contributed by atoms with Gasteiger partial charge in [0.25, 0.3) is 0 Å². The van der Waals surface area contributed by atoms with Crippen molar-refractivity contribution in [3.8, 4) is 17.2 Å². The number of carbonyl (C=O) groups excluding carboxylic acids is 1. The van der Waals surface area contributed by atoms with Crippen molar-refractivity contribution in [3.05, 3.63) is 48.5 Å². The van der Waals surface area contributed by atoms with Gasteiger partial charge in [0.1, 0.15) is 11.5 Å². The van der Waals surface area contributed by atoms with Crippen LogP contribution in [-0.4, -0.2) is 19.6 Å². The zero-order chi connectivity index (χ0) is 14.4. The Labute approximate surface area is 117 Å². The molecule has 2 rings (SSSR count). The van der Waals surface area contributed by atoms with Crippen LogP contribution in [0.5, 0.6) is 17.2 Å². The number of nitrogens with one attached hydrogen (secondary N) is 1. The average molecular weight is 272 g/mol. The minimum absolute atomic E-state index is 0.0759. The van der Waals surface area contributed by atoms with Gasteiger partial charge in [0, 0.05) is 6.07 Å². The first kappa shape index (κ1) is 13.9. The normalized spacial score (nSPS) is 9.90. The van der Waals surface area contributed by atoms with Crippen LogP contribution in [-0.2, 0) is 4.79 Å². The van der Waals surface area contributed by atoms with E-state index in [-0.39, 0.29) is 12.5 Å². The molecule has 104 valence electrons. The first-order valence-corrected chi connectivity index (χ1v) is 6.14. The van der Waals surface area contributed by atoms with Crippen molar-refractivity contribution in [2.24, 2.45) is 5.73 Å². The van der Waals surface area contributed by atoms with Gasteiger partial charge < -0.3 is 20.5 Å². The molecule has 0 fully saturated rings. The molecule has 0 aliphatic carbocycles. The Balaban J connectivity index is 2.22. The molecule has 0 heterocycles. The lowest BCUT2D eigenvalue weighted by Crippen LogP contribution is -2.22. The van der Waals surface area contributed by atoms with Crippen LogP contribution in [0.25, 0.3) is 0 Å². The van der Waals surface area contributed by atoms with Crippen molar-refractivity contribution in [3.63, 3.8) is 0 Å². The predicted octanol–water partition coefficient (Wildman–Crippen LogP) is 2.38. The number of hydrogen-bond acceptors (Lipinski definition) is 4. The highest BCUT2D eigenvalue weighted by Crippen LogP contribution is 2.30. The summed E-state index contributed by atoms with van der Waals surface area (Å²) < 4.78 is 10.9. The average Bonchev–Trinajstić information content (AvgIpc) is 2.49. The molecule has 0 aliphatic heterocycles. The van der Waals surface area contributed by atoms with E-state index < -0.39 is 0 Å². The molecule has 0 aliphatic rings. The number of carbonyl (C=O) groups is 1. The van der Waals surface area contributed by atoms with E-state index in [9.17, 15) is 4.79 Å². The molecule has 0 bridgehead atoms. The summed E-state index contributed by atoms with van der Waals surface area (Å²) in [5.41, 5.74) is 5.87. The molecule has 5 heteroatoms. The molecule has 5 nitrogen and oxygen atoms in total. The summed E-state index contributed by atoms with van der Waals surface area (Å²) >= 11 is 0. The van der Waals surface area contributed by atoms with Crippen LogP contribution in [0.3, 0.4) is 0 Å². The van der Waals surface area contributed by atoms with E-state index in [1.807, 2.05) is 30.3 Å². The number of para-hydroxylation sites is 2. The van der Waals surface area contributed by atoms with Gasteiger partial charge >= 0.3 is 0 Å². The van der Waals surface area contributed by atoms with Crippen molar-refractivity contribution in [2.75, 3.05) is 19.0 Å². The fraction of sp³-hybridized carbons (Fsp3) is 0.133. The van der Waals surface area contributed by atoms with E-state index in [0.717, 1.165) is 0 Å². The minimum atomic E-state index is -0.272. The Kier molecular flexibility index (Phi) is 4.57. The maximum Gasteiger partial charge on any atom is 0.238 e. The predicted molar refractivity (Wildman–Crippen MR) is 77.2 cm³/mol. The highest BCUT2D eigenvalue weighted by molar-refractivity contribution is 5.93. The lowest BCUT2D eigenvalue weighted by Gasteiger charge is -2.12. The van der Waals surface area contributed by atoms with Crippen molar-refractivity contribution in [1.29, 1.82) is 0 Å². The van der Waals surface area contributed by atoms with Crippen molar-refractivity contribution in [1.82, 2.24) is 0 Å². The van der Waals surface area contributed by atoms with Gasteiger partial charge in [-0.15, -0.1) is 0 Å². The molecule has 0 radical (unpaired) electrons. The monoisotopic (exact) mass is 272 g/mol. The topological polar surface area (TPSA) is 73.6 Å². The lowest BCUT2D eigenvalue weighted by atomic mass is 10.2. The third-order valence-corrected chi connectivity index (χ3v) is 2.62. The van der Waals surface area contributed by atoms with Gasteiger partial charge in [-0.3, -0.25) is 4.79 Å². The zero-order valence-electron chi connectivity index (χ0n) is 11.1. The number of hydrogen-bond donors (Lipinski definition) is 2. The smallest absolute Gasteiger partial charge is 0.238 e. The van der Waals surface area contributed by atoms with Gasteiger partial charge in [0.05, 0.1) is 19.3 Å². The van der Waals surface area contributed by atoms with Crippen molar-refractivity contribution >= 4 is 11.6 Å². The van der Waals surface area contributed by atoms with E-state index in [4.69, 9.17) is 15.2 Å². The summed E-state index contributed by atoms with van der Waals surface area (Å²) in [4.78, 5) is 11.4. The maximum absolute atomic E-state index is 11.4. The van der Waals surface area contributed by atoms with E-state index in [1.165, 1.54) is 0 Å². The summed E-state index contributed by atoms with van der Waals surface area (Å²) in [7, 11) is 1.59. The van der Waals surface area contributed by atoms with Crippen molar-refractivity contribution < 1.29 is 14.3 Å². The number of nitrogens with two attached hydrogens (primary N) is 1. The highest BCUT2D eigenvalue weighted by Gasteiger charge is 2.07. The largest absolute Gasteiger partial charge is 0.497 e. The van der Waals surface area contributed by atoms with Crippen LogP contribution in [0.1, 0.15) is 0 Å². The van der Waals surface area contributed by atoms with Gasteiger partial charge in [0.15, 0.2) is 5.75 Å². The Bertz CT molecular complexity index is 599. The van der Waals surface area contributed by atoms with E-state index in [0.29, 0.717) is 22.9 Å². The third kappa shape index (κ3) is 3.49. The molecule has 0 atom stereocenters. The van der Waals surface area contributed by atoms with E-state index in [2.05, 4.69) is 5.32 Å².